The number of nitrogens with one attached hydrogen (secondary N) is 3. The molecule has 0 aromatic rings. The van der Waals surface area contributed by atoms with Crippen molar-refractivity contribution in [2.75, 3.05) is 18.9 Å². The van der Waals surface area contributed by atoms with Crippen molar-refractivity contribution < 1.29 is 33.6 Å². The molecule has 6 N–H and O–H groups in total. The van der Waals surface area contributed by atoms with Gasteiger partial charge in [0, 0.05) is 24.0 Å². The molecule has 162 valence electrons. The minimum atomic E-state index is -4.60. The summed E-state index contributed by atoms with van der Waals surface area (Å²) >= 11 is 1.87. The monoisotopic (exact) mass is 439 g/mol. The first kappa shape index (κ1) is 23.4. The van der Waals surface area contributed by atoms with Crippen LogP contribution in [0.2, 0.25) is 0 Å². The molecule has 0 spiro atoms. The van der Waals surface area contributed by atoms with Gasteiger partial charge in [-0.15, -0.1) is 0 Å². The van der Waals surface area contributed by atoms with E-state index in [9.17, 15) is 14.2 Å². The largest absolute Gasteiger partial charge is 0.469 e. The van der Waals surface area contributed by atoms with Gasteiger partial charge in [0.05, 0.1) is 24.8 Å². The number of fused-ring (bicyclic) bond motifs is 1. The maximum atomic E-state index is 11.9. The number of hydrogen-bond acceptors (Lipinski definition) is 6. The smallest absolute Gasteiger partial charge is 0.394 e. The molecule has 2 heterocycles. The summed E-state index contributed by atoms with van der Waals surface area (Å²) in [7, 11) is -4.60. The number of unbranched alkanes of at least 4 members (excludes halogenated alkanes) is 2. The zero-order valence-electron chi connectivity index (χ0n) is 15.7. The first-order valence-electron chi connectivity index (χ1n) is 9.58. The number of hydrogen-bond donors (Lipinski definition) is 6. The van der Waals surface area contributed by atoms with Gasteiger partial charge in [-0.05, 0) is 32.1 Å². The maximum absolute atomic E-state index is 11.9. The van der Waals surface area contributed by atoms with E-state index in [0.29, 0.717) is 37.5 Å². The van der Waals surface area contributed by atoms with Crippen molar-refractivity contribution in [3.8, 4) is 0 Å². The van der Waals surface area contributed by atoms with Gasteiger partial charge < -0.3 is 30.8 Å². The average molecular weight is 439 g/mol. The fourth-order valence-electron chi connectivity index (χ4n) is 3.46. The van der Waals surface area contributed by atoms with Gasteiger partial charge in [-0.1, -0.05) is 6.42 Å². The third-order valence-corrected chi connectivity index (χ3v) is 6.93. The number of urea groups is 1. The van der Waals surface area contributed by atoms with Gasteiger partial charge in [-0.25, -0.2) is 9.36 Å². The van der Waals surface area contributed by atoms with Crippen molar-refractivity contribution in [1.29, 1.82) is 0 Å². The van der Waals surface area contributed by atoms with Crippen molar-refractivity contribution in [2.45, 2.75) is 68.4 Å². The fourth-order valence-corrected chi connectivity index (χ4v) is 5.56. The Balaban J connectivity index is 1.47. The number of phosphoric acid groups is 1. The minimum absolute atomic E-state index is 0.0158. The molecule has 28 heavy (non-hydrogen) atoms. The van der Waals surface area contributed by atoms with E-state index in [1.807, 2.05) is 11.8 Å². The molecule has 2 aliphatic heterocycles. The van der Waals surface area contributed by atoms with E-state index in [1.54, 1.807) is 0 Å². The number of phosphoric ester groups is 1. The number of aliphatic hydroxyl groups excluding tert-OH is 1. The number of thioether (sulfide) groups is 1. The molecule has 10 nitrogen and oxygen atoms in total. The summed E-state index contributed by atoms with van der Waals surface area (Å²) in [4.78, 5) is 40.6. The summed E-state index contributed by atoms with van der Waals surface area (Å²) < 4.78 is 15.2. The summed E-state index contributed by atoms with van der Waals surface area (Å²) in [5.41, 5.74) is 0. The van der Waals surface area contributed by atoms with Crippen LogP contribution >= 0.6 is 19.6 Å². The van der Waals surface area contributed by atoms with Crippen LogP contribution in [0.15, 0.2) is 0 Å². The van der Waals surface area contributed by atoms with E-state index < -0.39 is 20.5 Å². The van der Waals surface area contributed by atoms with Crippen molar-refractivity contribution in [2.24, 2.45) is 0 Å². The van der Waals surface area contributed by atoms with Crippen LogP contribution in [0.1, 0.15) is 44.9 Å². The quantitative estimate of drug-likeness (QED) is 0.137. The second-order valence-corrected chi connectivity index (χ2v) is 9.58. The predicted octanol–water partition coefficient (Wildman–Crippen LogP) is 0.469. The first-order valence-corrected chi connectivity index (χ1v) is 12.2. The molecule has 4 atom stereocenters. The van der Waals surface area contributed by atoms with Gasteiger partial charge in [-0.2, -0.15) is 11.8 Å². The van der Waals surface area contributed by atoms with Crippen LogP contribution < -0.4 is 16.0 Å². The number of aliphatic hydroxyl groups is 1. The molecule has 0 saturated carbocycles. The van der Waals surface area contributed by atoms with Crippen LogP contribution in [0.3, 0.4) is 0 Å². The molecule has 2 aliphatic rings. The maximum Gasteiger partial charge on any atom is 0.469 e. The number of carbonyl (C=O) groups excluding carboxylic acids is 2. The molecular weight excluding hydrogens is 409 g/mol. The Morgan fingerprint density at radius 2 is 2.07 bits per heavy atom. The van der Waals surface area contributed by atoms with Gasteiger partial charge in [-0.3, -0.25) is 9.32 Å². The van der Waals surface area contributed by atoms with Gasteiger partial charge in [0.15, 0.2) is 0 Å². The number of rotatable bonds is 13. The molecule has 0 bridgehead atoms. The molecule has 0 aromatic carbocycles. The lowest BCUT2D eigenvalue weighted by atomic mass is 10.0. The molecule has 12 heteroatoms. The third-order valence-electron chi connectivity index (χ3n) is 4.85. The molecule has 4 unspecified atom stereocenters. The molecule has 0 aliphatic carbocycles. The molecule has 2 rings (SSSR count). The highest BCUT2D eigenvalue weighted by atomic mass is 32.2. The normalized spacial score (nSPS) is 25.1. The Bertz CT molecular complexity index is 576. The Kier molecular flexibility index (Phi) is 9.52. The summed E-state index contributed by atoms with van der Waals surface area (Å²) in [6.45, 7) is 0.0188. The van der Waals surface area contributed by atoms with Crippen LogP contribution in [0.4, 0.5) is 4.79 Å². The Morgan fingerprint density at radius 3 is 2.79 bits per heavy atom. The zero-order chi connectivity index (χ0) is 20.6. The number of amides is 3. The lowest BCUT2D eigenvalue weighted by Crippen LogP contribution is -2.36. The second-order valence-electron chi connectivity index (χ2n) is 7.11. The summed E-state index contributed by atoms with van der Waals surface area (Å²) in [5.74, 6) is 0.920. The molecule has 2 saturated heterocycles. The highest BCUT2D eigenvalue weighted by Crippen LogP contribution is 2.38. The summed E-state index contributed by atoms with van der Waals surface area (Å²) in [6.07, 6.45) is 3.79. The zero-order valence-corrected chi connectivity index (χ0v) is 17.4. The number of carbonyl (C=O) groups is 2. The topological polar surface area (TPSA) is 157 Å². The molecule has 0 aromatic heterocycles. The van der Waals surface area contributed by atoms with Crippen molar-refractivity contribution >= 4 is 31.5 Å². The van der Waals surface area contributed by atoms with Crippen molar-refractivity contribution in [3.63, 3.8) is 0 Å². The average Bonchev–Trinajstić information content (AvgIpc) is 3.15. The van der Waals surface area contributed by atoms with Crippen LogP contribution in [-0.2, 0) is 13.9 Å². The predicted molar refractivity (Wildman–Crippen MR) is 105 cm³/mol. The standard InChI is InChI=1S/C16H30N3O7PS/c20-9-11(26-27(23,24)25)5-3-4-8-17-14(21)7-2-1-6-13-15-12(10-28-13)18-16(22)19-15/h11-13,15,20H,1-10H2,(H,17,21)(H2,18,19,22)(H2,23,24,25). The van der Waals surface area contributed by atoms with Gasteiger partial charge in [0.25, 0.3) is 0 Å². The summed E-state index contributed by atoms with van der Waals surface area (Å²) in [5, 5.41) is 18.1. The molecular formula is C16H30N3O7PS. The fraction of sp³-hybridized carbons (Fsp3) is 0.875. The lowest BCUT2D eigenvalue weighted by Gasteiger charge is -2.16. The van der Waals surface area contributed by atoms with Crippen molar-refractivity contribution in [3.05, 3.63) is 0 Å². The van der Waals surface area contributed by atoms with Crippen LogP contribution in [0.25, 0.3) is 0 Å². The van der Waals surface area contributed by atoms with E-state index in [0.717, 1.165) is 25.0 Å². The molecule has 3 amide bonds. The molecule has 2 fully saturated rings. The SMILES string of the molecule is O=C(CCCCC1SCC2NC(=O)NC21)NCCCCC(CO)OP(=O)(O)O. The van der Waals surface area contributed by atoms with Gasteiger partial charge >= 0.3 is 13.9 Å². The van der Waals surface area contributed by atoms with Crippen LogP contribution in [-0.4, -0.2) is 69.2 Å². The minimum Gasteiger partial charge on any atom is -0.394 e. The second kappa shape index (κ2) is 11.4. The van der Waals surface area contributed by atoms with Crippen molar-refractivity contribution in [1.82, 2.24) is 16.0 Å². The lowest BCUT2D eigenvalue weighted by molar-refractivity contribution is -0.121. The Labute approximate surface area is 168 Å². The third kappa shape index (κ3) is 8.26. The highest BCUT2D eigenvalue weighted by molar-refractivity contribution is 8.00. The van der Waals surface area contributed by atoms with E-state index in [-0.39, 0.29) is 24.0 Å². The van der Waals surface area contributed by atoms with E-state index >= 15 is 0 Å². The van der Waals surface area contributed by atoms with Gasteiger partial charge in [0.1, 0.15) is 0 Å². The Morgan fingerprint density at radius 1 is 1.29 bits per heavy atom. The van der Waals surface area contributed by atoms with Crippen LogP contribution in [0.5, 0.6) is 0 Å². The molecule has 0 radical (unpaired) electrons. The highest BCUT2D eigenvalue weighted by Gasteiger charge is 2.42. The van der Waals surface area contributed by atoms with Crippen LogP contribution in [0, 0.1) is 0 Å². The van der Waals surface area contributed by atoms with E-state index in [2.05, 4.69) is 20.5 Å². The Hall–Kier alpha value is -0.840. The van der Waals surface area contributed by atoms with E-state index in [4.69, 9.17) is 14.9 Å². The first-order chi connectivity index (χ1) is 13.3. The summed E-state index contributed by atoms with van der Waals surface area (Å²) in [6, 6.07) is 0.338. The van der Waals surface area contributed by atoms with E-state index in [1.165, 1.54) is 0 Å². The van der Waals surface area contributed by atoms with Gasteiger partial charge in [0.2, 0.25) is 5.91 Å².